The molecule has 16 heteroatoms. The minimum Gasteiger partial charge on any atom is -0.481 e. The summed E-state index contributed by atoms with van der Waals surface area (Å²) < 4.78 is 35.1. The zero-order chi connectivity index (χ0) is 38.1. The number of carbonyl (C=O) groups is 3. The normalized spacial score (nSPS) is 13.4. The Morgan fingerprint density at radius 3 is 1.90 bits per heavy atom. The molecule has 0 saturated carbocycles. The zero-order valence-corrected chi connectivity index (χ0v) is 30.9. The summed E-state index contributed by atoms with van der Waals surface area (Å²) in [6.45, 7) is 2.01. The van der Waals surface area contributed by atoms with E-state index in [0.29, 0.717) is 48.1 Å². The minimum atomic E-state index is -4.17. The predicted molar refractivity (Wildman–Crippen MR) is 194 cm³/mol. The molecule has 0 fully saturated rings. The summed E-state index contributed by atoms with van der Waals surface area (Å²) in [6.07, 6.45) is 1.44. The summed E-state index contributed by atoms with van der Waals surface area (Å²) in [6, 6.07) is 14.6. The number of hydrogen-bond acceptors (Lipinski definition) is 10. The first kappa shape index (κ1) is 42.2. The van der Waals surface area contributed by atoms with Crippen LogP contribution in [-0.4, -0.2) is 91.9 Å². The number of aromatic nitrogens is 1. The van der Waals surface area contributed by atoms with Crippen LogP contribution in [0.25, 0.3) is 10.8 Å². The molecule has 2 atom stereocenters. The number of unbranched alkanes of at least 4 members (excludes halogenated alkanes) is 2. The first-order valence-corrected chi connectivity index (χ1v) is 20.0. The van der Waals surface area contributed by atoms with Gasteiger partial charge in [0.25, 0.3) is 0 Å². The number of fused-ring (bicyclic) bond motifs is 1. The van der Waals surface area contributed by atoms with E-state index < -0.39 is 46.2 Å². The van der Waals surface area contributed by atoms with Gasteiger partial charge in [0.2, 0.25) is 0 Å². The molecule has 0 radical (unpaired) electrons. The number of carboxylic acids is 2. The number of aldehydes is 1. The van der Waals surface area contributed by atoms with E-state index in [1.165, 1.54) is 9.80 Å². The van der Waals surface area contributed by atoms with E-state index in [1.807, 2.05) is 36.4 Å². The lowest BCUT2D eigenvalue weighted by Gasteiger charge is -2.24. The number of carbonyl (C=O) groups excluding carboxylic acids is 1. The lowest BCUT2D eigenvalue weighted by molar-refractivity contribution is -0.138. The fourth-order valence-electron chi connectivity index (χ4n) is 5.26. The second kappa shape index (κ2) is 20.7. The summed E-state index contributed by atoms with van der Waals surface area (Å²) in [5.74, 6) is 10.5. The van der Waals surface area contributed by atoms with E-state index in [4.69, 9.17) is 14.2 Å². The molecular formula is C36H43N3O11P2. The molecule has 3 aromatic rings. The first-order chi connectivity index (χ1) is 24.7. The maximum Gasteiger partial charge on any atom is 0.342 e. The fraction of sp³-hybridized carbons (Fsp3) is 0.389. The molecule has 2 unspecified atom stereocenters. The highest BCUT2D eigenvalue weighted by molar-refractivity contribution is 7.53. The average Bonchev–Trinajstić information content (AvgIpc) is 3.04. The molecule has 1 heterocycles. The van der Waals surface area contributed by atoms with E-state index in [-0.39, 0.29) is 39.3 Å². The standard InChI is InChI=1S/C36H43N3O11P2/c1-3-49-51(45,46)26-38(19-20-40)23-31-21-28(22-32(37-31)24-39(25-36(43)44)27-52(47,48)50-4-2)15-16-30-18-17-29(33-12-9-10-13-34(30)33)11-7-5-6-8-14-35(41)42/h9-10,12-13,17-18,20-22H,3-6,8,14,19,23-27H2,1-2H3,(H,41,42)(H,43,44)(H,45,46)(H,47,48). The van der Waals surface area contributed by atoms with Crippen LogP contribution in [0, 0.1) is 23.7 Å². The van der Waals surface area contributed by atoms with Crippen LogP contribution in [0.15, 0.2) is 48.5 Å². The van der Waals surface area contributed by atoms with Gasteiger partial charge in [-0.15, -0.1) is 0 Å². The summed E-state index contributed by atoms with van der Waals surface area (Å²) in [7, 11) is -8.24. The molecule has 4 N–H and O–H groups in total. The molecule has 0 amide bonds. The molecule has 1 aromatic heterocycles. The highest BCUT2D eigenvalue weighted by Gasteiger charge is 2.26. The van der Waals surface area contributed by atoms with Crippen LogP contribution >= 0.6 is 15.2 Å². The van der Waals surface area contributed by atoms with Crippen LogP contribution in [0.2, 0.25) is 0 Å². The lowest BCUT2D eigenvalue weighted by Crippen LogP contribution is -2.31. The van der Waals surface area contributed by atoms with E-state index in [1.54, 1.807) is 26.0 Å². The van der Waals surface area contributed by atoms with E-state index in [0.717, 1.165) is 16.3 Å². The fourth-order valence-corrected chi connectivity index (χ4v) is 7.66. The third-order valence-corrected chi connectivity index (χ3v) is 10.1. The predicted octanol–water partition coefficient (Wildman–Crippen LogP) is 4.88. The summed E-state index contributed by atoms with van der Waals surface area (Å²) in [4.78, 5) is 61.6. The Balaban J connectivity index is 2.03. The number of rotatable bonds is 20. The molecule has 3 rings (SSSR count). The van der Waals surface area contributed by atoms with Crippen LogP contribution in [0.1, 0.15) is 67.6 Å². The second-order valence-electron chi connectivity index (χ2n) is 11.6. The van der Waals surface area contributed by atoms with Gasteiger partial charge in [-0.3, -0.25) is 33.5 Å². The smallest absolute Gasteiger partial charge is 0.342 e. The van der Waals surface area contributed by atoms with Crippen molar-refractivity contribution in [2.45, 2.75) is 52.6 Å². The second-order valence-corrected chi connectivity index (χ2v) is 15.3. The van der Waals surface area contributed by atoms with Crippen molar-refractivity contribution < 1.29 is 52.6 Å². The van der Waals surface area contributed by atoms with Crippen molar-refractivity contribution in [1.29, 1.82) is 0 Å². The SMILES string of the molecule is CCOP(=O)(O)CN(CC=O)Cc1cc(C#Cc2ccc(C#CCCCCC(=O)O)c3ccccc23)cc(CN(CC(=O)O)CP(=O)(O)OCC)n1. The van der Waals surface area contributed by atoms with Crippen molar-refractivity contribution in [3.63, 3.8) is 0 Å². The number of nitrogens with zero attached hydrogens (tertiary/aromatic N) is 3. The molecular weight excluding hydrogens is 712 g/mol. The van der Waals surface area contributed by atoms with Gasteiger partial charge in [-0.1, -0.05) is 47.9 Å². The van der Waals surface area contributed by atoms with Gasteiger partial charge in [-0.25, -0.2) is 0 Å². The molecule has 278 valence electrons. The molecule has 0 spiro atoms. The summed E-state index contributed by atoms with van der Waals surface area (Å²) in [5, 5.41) is 20.1. The van der Waals surface area contributed by atoms with Gasteiger partial charge in [0.15, 0.2) is 0 Å². The molecule has 0 aliphatic rings. The van der Waals surface area contributed by atoms with Crippen LogP contribution in [0.3, 0.4) is 0 Å². The Labute approximate surface area is 302 Å². The average molecular weight is 756 g/mol. The Bertz CT molecular complexity index is 1950. The maximum absolute atomic E-state index is 12.6. The van der Waals surface area contributed by atoms with Gasteiger partial charge in [-0.2, -0.15) is 0 Å². The van der Waals surface area contributed by atoms with E-state index in [2.05, 4.69) is 28.7 Å². The van der Waals surface area contributed by atoms with Crippen LogP contribution in [0.4, 0.5) is 0 Å². The number of hydrogen-bond donors (Lipinski definition) is 4. The number of pyridine rings is 1. The monoisotopic (exact) mass is 755 g/mol. The van der Waals surface area contributed by atoms with E-state index in [9.17, 15) is 38.4 Å². The van der Waals surface area contributed by atoms with Crippen LogP contribution in [0.5, 0.6) is 0 Å². The molecule has 0 bridgehead atoms. The largest absolute Gasteiger partial charge is 0.481 e. The molecule has 14 nitrogen and oxygen atoms in total. The Morgan fingerprint density at radius 2 is 1.37 bits per heavy atom. The number of aliphatic carboxylic acids is 2. The van der Waals surface area contributed by atoms with Crippen molar-refractivity contribution >= 4 is 44.2 Å². The van der Waals surface area contributed by atoms with Crippen LogP contribution in [-0.2, 0) is 45.7 Å². The van der Waals surface area contributed by atoms with Crippen molar-refractivity contribution in [3.05, 3.63) is 76.6 Å². The van der Waals surface area contributed by atoms with Crippen molar-refractivity contribution in [1.82, 2.24) is 14.8 Å². The number of carboxylic acid groups (broad SMARTS) is 2. The molecule has 2 aromatic carbocycles. The Kier molecular flexibility index (Phi) is 16.8. The highest BCUT2D eigenvalue weighted by atomic mass is 31.2. The quantitative estimate of drug-likeness (QED) is 0.0526. The third kappa shape index (κ3) is 14.8. The Morgan fingerprint density at radius 1 is 0.808 bits per heavy atom. The van der Waals surface area contributed by atoms with E-state index >= 15 is 0 Å². The maximum atomic E-state index is 12.6. The molecule has 0 aliphatic heterocycles. The van der Waals surface area contributed by atoms with Gasteiger partial charge < -0.3 is 33.8 Å². The zero-order valence-electron chi connectivity index (χ0n) is 29.1. The van der Waals surface area contributed by atoms with Crippen molar-refractivity contribution in [2.24, 2.45) is 0 Å². The molecule has 0 saturated heterocycles. The minimum absolute atomic E-state index is 0.0110. The van der Waals surface area contributed by atoms with Gasteiger partial charge in [0.05, 0.1) is 37.7 Å². The summed E-state index contributed by atoms with van der Waals surface area (Å²) >= 11 is 0. The van der Waals surface area contributed by atoms with Gasteiger partial charge in [0, 0.05) is 42.6 Å². The number of benzene rings is 2. The first-order valence-electron chi connectivity index (χ1n) is 16.5. The molecule has 0 aliphatic carbocycles. The van der Waals surface area contributed by atoms with Crippen LogP contribution < -0.4 is 0 Å². The lowest BCUT2D eigenvalue weighted by atomic mass is 9.99. The van der Waals surface area contributed by atoms with Crippen molar-refractivity contribution in [3.8, 4) is 23.7 Å². The topological polar surface area (TPSA) is 204 Å². The van der Waals surface area contributed by atoms with Crippen molar-refractivity contribution in [2.75, 3.05) is 38.9 Å². The highest BCUT2D eigenvalue weighted by Crippen LogP contribution is 2.43. The molecule has 52 heavy (non-hydrogen) atoms. The van der Waals surface area contributed by atoms with Gasteiger partial charge >= 0.3 is 27.1 Å². The van der Waals surface area contributed by atoms with Gasteiger partial charge in [-0.05, 0) is 61.7 Å². The third-order valence-electron chi connectivity index (χ3n) is 7.24. The summed E-state index contributed by atoms with van der Waals surface area (Å²) in [5.41, 5.74) is 2.56. The Hall–Kier alpha value is -4.20. The van der Waals surface area contributed by atoms with Gasteiger partial charge in [0.1, 0.15) is 18.9 Å².